The Balaban J connectivity index is 1.71. The van der Waals surface area contributed by atoms with Crippen LogP contribution in [-0.4, -0.2) is 42.1 Å². The minimum Gasteiger partial charge on any atom is -0.390 e. The van der Waals surface area contributed by atoms with Crippen LogP contribution in [0, 0.1) is 12.8 Å². The normalized spacial score (nSPS) is 26.8. The fourth-order valence-corrected chi connectivity index (χ4v) is 4.33. The van der Waals surface area contributed by atoms with Crippen LogP contribution in [-0.2, 0) is 0 Å². The highest BCUT2D eigenvalue weighted by molar-refractivity contribution is 6.30. The topological polar surface area (TPSA) is 133 Å². The average Bonchev–Trinajstić information content (AvgIpc) is 3.19. The number of nitrogens with zero attached hydrogens (tertiary/aromatic N) is 3. The van der Waals surface area contributed by atoms with Crippen molar-refractivity contribution in [2.75, 3.05) is 0 Å². The average molecular weight is 404 g/mol. The number of H-pyrrole nitrogens is 1. The summed E-state index contributed by atoms with van der Waals surface area (Å²) in [6.07, 6.45) is 0.711. The van der Waals surface area contributed by atoms with Crippen LogP contribution in [0.15, 0.2) is 41.9 Å². The SMILES string of the molecule is Cc1cn([C@@H]2C[C@H](C(O)c3ccc(Cl)cc3)[C@@H](O)[C@H]2O)c2[nH]cn/c(=N/N)c12. The second-order valence-corrected chi connectivity index (χ2v) is 7.68. The highest BCUT2D eigenvalue weighted by Crippen LogP contribution is 2.43. The van der Waals surface area contributed by atoms with E-state index in [0.29, 0.717) is 28.1 Å². The molecule has 6 N–H and O–H groups in total. The number of hydrogen-bond acceptors (Lipinski definition) is 6. The lowest BCUT2D eigenvalue weighted by Gasteiger charge is -2.22. The molecule has 9 heteroatoms. The zero-order chi connectivity index (χ0) is 20.0. The van der Waals surface area contributed by atoms with Gasteiger partial charge in [-0.25, -0.2) is 4.98 Å². The van der Waals surface area contributed by atoms with Gasteiger partial charge in [0, 0.05) is 17.1 Å². The first-order valence-corrected chi connectivity index (χ1v) is 9.38. The number of fused-ring (bicyclic) bond motifs is 1. The first-order valence-electron chi connectivity index (χ1n) is 9.00. The molecule has 1 saturated carbocycles. The van der Waals surface area contributed by atoms with Gasteiger partial charge in [-0.3, -0.25) is 0 Å². The van der Waals surface area contributed by atoms with Crippen LogP contribution in [0.4, 0.5) is 0 Å². The van der Waals surface area contributed by atoms with E-state index in [9.17, 15) is 15.3 Å². The van der Waals surface area contributed by atoms with Crippen molar-refractivity contribution in [1.29, 1.82) is 0 Å². The Kier molecular flexibility index (Phi) is 4.88. The van der Waals surface area contributed by atoms with E-state index >= 15 is 0 Å². The van der Waals surface area contributed by atoms with Crippen LogP contribution < -0.4 is 11.3 Å². The van der Waals surface area contributed by atoms with E-state index in [1.54, 1.807) is 24.3 Å². The molecule has 1 aliphatic carbocycles. The Hall–Kier alpha value is -2.39. The maximum Gasteiger partial charge on any atom is 0.184 e. The number of nitrogens with two attached hydrogens (primary N) is 1. The van der Waals surface area contributed by atoms with Gasteiger partial charge in [-0.1, -0.05) is 23.7 Å². The fraction of sp³-hybridized carbons (Fsp3) is 0.368. The number of aromatic nitrogens is 3. The lowest BCUT2D eigenvalue weighted by molar-refractivity contribution is -0.0264. The van der Waals surface area contributed by atoms with Crippen molar-refractivity contribution in [3.8, 4) is 0 Å². The number of benzene rings is 1. The van der Waals surface area contributed by atoms with Gasteiger partial charge in [0.2, 0.25) is 0 Å². The summed E-state index contributed by atoms with van der Waals surface area (Å²) in [4.78, 5) is 7.20. The molecule has 0 aliphatic heterocycles. The van der Waals surface area contributed by atoms with Gasteiger partial charge in [-0.05, 0) is 36.6 Å². The molecule has 0 spiro atoms. The van der Waals surface area contributed by atoms with Crippen LogP contribution in [0.25, 0.3) is 11.0 Å². The number of aliphatic hydroxyl groups is 3. The number of aryl methyl sites for hydroxylation is 1. The first-order chi connectivity index (χ1) is 13.4. The van der Waals surface area contributed by atoms with Gasteiger partial charge >= 0.3 is 0 Å². The van der Waals surface area contributed by atoms with E-state index in [4.69, 9.17) is 17.4 Å². The van der Waals surface area contributed by atoms with Crippen LogP contribution in [0.5, 0.6) is 0 Å². The number of halogens is 1. The molecular formula is C19H22ClN5O3. The summed E-state index contributed by atoms with van der Waals surface area (Å²) in [5, 5.41) is 37.2. The number of rotatable bonds is 3. The summed E-state index contributed by atoms with van der Waals surface area (Å²) in [5.74, 6) is 4.91. The monoisotopic (exact) mass is 403 g/mol. The van der Waals surface area contributed by atoms with E-state index < -0.39 is 30.3 Å². The second kappa shape index (κ2) is 7.21. The summed E-state index contributed by atoms with van der Waals surface area (Å²) >= 11 is 5.91. The zero-order valence-electron chi connectivity index (χ0n) is 15.2. The number of aliphatic hydroxyl groups excluding tert-OH is 3. The minimum atomic E-state index is -1.08. The molecule has 0 bridgehead atoms. The van der Waals surface area contributed by atoms with Crippen molar-refractivity contribution >= 4 is 22.6 Å². The molecule has 5 atom stereocenters. The quantitative estimate of drug-likeness (QED) is 0.330. The Morgan fingerprint density at radius 2 is 2.00 bits per heavy atom. The Labute approximate surface area is 165 Å². The van der Waals surface area contributed by atoms with Crippen molar-refractivity contribution in [2.45, 2.75) is 37.7 Å². The fourth-order valence-electron chi connectivity index (χ4n) is 4.20. The van der Waals surface area contributed by atoms with Crippen molar-refractivity contribution < 1.29 is 15.3 Å². The summed E-state index contributed by atoms with van der Waals surface area (Å²) in [6.45, 7) is 1.90. The second-order valence-electron chi connectivity index (χ2n) is 7.24. The molecule has 2 aromatic heterocycles. The third-order valence-electron chi connectivity index (χ3n) is 5.63. The van der Waals surface area contributed by atoms with E-state index in [0.717, 1.165) is 10.9 Å². The molecule has 2 heterocycles. The number of hydrogen-bond donors (Lipinski definition) is 5. The van der Waals surface area contributed by atoms with Crippen LogP contribution in [0.3, 0.4) is 0 Å². The molecule has 0 radical (unpaired) electrons. The molecular weight excluding hydrogens is 382 g/mol. The van der Waals surface area contributed by atoms with Gasteiger partial charge in [-0.15, -0.1) is 0 Å². The highest BCUT2D eigenvalue weighted by atomic mass is 35.5. The summed E-state index contributed by atoms with van der Waals surface area (Å²) in [5.41, 5.74) is 2.65. The van der Waals surface area contributed by atoms with Crippen LogP contribution >= 0.6 is 11.6 Å². The van der Waals surface area contributed by atoms with Gasteiger partial charge in [0.1, 0.15) is 11.8 Å². The van der Waals surface area contributed by atoms with Crippen molar-refractivity contribution in [2.24, 2.45) is 16.9 Å². The molecule has 4 rings (SSSR count). The maximum absolute atomic E-state index is 10.8. The van der Waals surface area contributed by atoms with Gasteiger partial charge in [0.15, 0.2) is 5.49 Å². The summed E-state index contributed by atoms with van der Waals surface area (Å²) in [7, 11) is 0. The third-order valence-corrected chi connectivity index (χ3v) is 5.88. The lowest BCUT2D eigenvalue weighted by atomic mass is 9.92. The number of nitrogens with one attached hydrogen (secondary N) is 1. The molecule has 148 valence electrons. The predicted octanol–water partition coefficient (Wildman–Crippen LogP) is 1.12. The van der Waals surface area contributed by atoms with E-state index in [1.807, 2.05) is 17.7 Å². The Bertz CT molecular complexity index is 1060. The standard InChI is InChI=1S/C19H22ClN5O3/c1-9-7-25(19-14(9)18(24-21)22-8-23-19)13-6-12(16(27)17(13)28)15(26)10-2-4-11(20)5-3-10/h2-5,7-8,12-13,15-17,26-28H,6,21H2,1H3,(H,22,23,24)/t12-,13-,15?,16-,17+/m1/s1. The smallest absolute Gasteiger partial charge is 0.184 e. The van der Waals surface area contributed by atoms with E-state index in [-0.39, 0.29) is 0 Å². The molecule has 1 unspecified atom stereocenters. The summed E-state index contributed by atoms with van der Waals surface area (Å²) in [6, 6.07) is 6.41. The van der Waals surface area contributed by atoms with Gasteiger partial charge < -0.3 is 30.7 Å². The van der Waals surface area contributed by atoms with Gasteiger partial charge in [0.25, 0.3) is 0 Å². The molecule has 28 heavy (non-hydrogen) atoms. The van der Waals surface area contributed by atoms with Gasteiger partial charge in [-0.2, -0.15) is 5.10 Å². The molecule has 1 aliphatic rings. The number of aromatic amines is 1. The Morgan fingerprint density at radius 3 is 2.68 bits per heavy atom. The third kappa shape index (κ3) is 2.98. The van der Waals surface area contributed by atoms with Crippen LogP contribution in [0.1, 0.15) is 29.7 Å². The molecule has 1 aromatic carbocycles. The maximum atomic E-state index is 10.8. The minimum absolute atomic E-state index is 0.389. The van der Waals surface area contributed by atoms with Gasteiger partial charge in [0.05, 0.1) is 30.0 Å². The van der Waals surface area contributed by atoms with Crippen molar-refractivity contribution in [3.05, 3.63) is 58.4 Å². The van der Waals surface area contributed by atoms with Crippen LogP contribution in [0.2, 0.25) is 5.02 Å². The first kappa shape index (κ1) is 18.9. The predicted molar refractivity (Wildman–Crippen MR) is 104 cm³/mol. The summed E-state index contributed by atoms with van der Waals surface area (Å²) < 4.78 is 1.86. The molecule has 0 saturated heterocycles. The van der Waals surface area contributed by atoms with Crippen molar-refractivity contribution in [1.82, 2.24) is 14.5 Å². The molecule has 8 nitrogen and oxygen atoms in total. The lowest BCUT2D eigenvalue weighted by Crippen LogP contribution is -2.31. The van der Waals surface area contributed by atoms with E-state index in [1.165, 1.54) is 6.33 Å². The molecule has 0 amide bonds. The van der Waals surface area contributed by atoms with E-state index in [2.05, 4.69) is 15.1 Å². The molecule has 1 fully saturated rings. The van der Waals surface area contributed by atoms with Crippen molar-refractivity contribution in [3.63, 3.8) is 0 Å². The molecule has 3 aromatic rings. The Morgan fingerprint density at radius 1 is 1.29 bits per heavy atom. The highest BCUT2D eigenvalue weighted by Gasteiger charge is 2.46. The largest absolute Gasteiger partial charge is 0.390 e. The zero-order valence-corrected chi connectivity index (χ0v) is 16.0.